The molecule has 1 aliphatic heterocycles. The second kappa shape index (κ2) is 5.93. The molecule has 2 rings (SSSR count). The molecule has 1 amide bonds. The first-order valence-electron chi connectivity index (χ1n) is 5.93. The second-order valence-electron chi connectivity index (χ2n) is 4.48. The van der Waals surface area contributed by atoms with Crippen molar-refractivity contribution in [2.24, 2.45) is 5.92 Å². The third-order valence-corrected chi connectivity index (χ3v) is 3.27. The van der Waals surface area contributed by atoms with Crippen molar-refractivity contribution in [1.29, 1.82) is 0 Å². The van der Waals surface area contributed by atoms with Crippen LogP contribution in [0, 0.1) is 5.92 Å². The molecule has 1 fully saturated rings. The van der Waals surface area contributed by atoms with Gasteiger partial charge in [0.2, 0.25) is 0 Å². The predicted molar refractivity (Wildman–Crippen MR) is 69.3 cm³/mol. The predicted octanol–water partition coefficient (Wildman–Crippen LogP) is 1.65. The number of aliphatic carboxylic acids is 1. The quantitative estimate of drug-likeness (QED) is 0.892. The van der Waals surface area contributed by atoms with Crippen LogP contribution in [0.5, 0.6) is 5.75 Å². The van der Waals surface area contributed by atoms with Gasteiger partial charge in [0.25, 0.3) is 5.91 Å². The van der Waals surface area contributed by atoms with Gasteiger partial charge in [0.1, 0.15) is 5.75 Å². The SMILES string of the molecule is O=C(O)CC1CN(C(=O)COc2ccccc2Cl)C1. The molecule has 0 radical (unpaired) electrons. The van der Waals surface area contributed by atoms with Crippen LogP contribution in [0.3, 0.4) is 0 Å². The molecule has 0 bridgehead atoms. The zero-order valence-electron chi connectivity index (χ0n) is 10.2. The van der Waals surface area contributed by atoms with Gasteiger partial charge in [-0.2, -0.15) is 0 Å². The van der Waals surface area contributed by atoms with E-state index in [9.17, 15) is 9.59 Å². The van der Waals surface area contributed by atoms with E-state index in [0.717, 1.165) is 0 Å². The highest BCUT2D eigenvalue weighted by Crippen LogP contribution is 2.24. The Morgan fingerprint density at radius 3 is 2.68 bits per heavy atom. The maximum Gasteiger partial charge on any atom is 0.303 e. The number of hydrogen-bond donors (Lipinski definition) is 1. The molecule has 1 N–H and O–H groups in total. The summed E-state index contributed by atoms with van der Waals surface area (Å²) in [5.41, 5.74) is 0. The van der Waals surface area contributed by atoms with Gasteiger partial charge < -0.3 is 14.7 Å². The van der Waals surface area contributed by atoms with Crippen molar-refractivity contribution >= 4 is 23.5 Å². The highest BCUT2D eigenvalue weighted by atomic mass is 35.5. The number of hydrogen-bond acceptors (Lipinski definition) is 3. The molecular formula is C13H14ClNO4. The number of nitrogens with zero attached hydrogens (tertiary/aromatic N) is 1. The molecule has 19 heavy (non-hydrogen) atoms. The number of amides is 1. The lowest BCUT2D eigenvalue weighted by atomic mass is 9.96. The van der Waals surface area contributed by atoms with E-state index in [1.165, 1.54) is 0 Å². The Kier molecular flexibility index (Phi) is 4.27. The Hall–Kier alpha value is -1.75. The molecule has 0 spiro atoms. The number of para-hydroxylation sites is 1. The number of likely N-dealkylation sites (tertiary alicyclic amines) is 1. The third kappa shape index (κ3) is 3.61. The number of carbonyl (C=O) groups is 2. The fourth-order valence-corrected chi connectivity index (χ4v) is 2.13. The molecule has 0 saturated carbocycles. The molecule has 1 aliphatic rings. The Morgan fingerprint density at radius 2 is 2.05 bits per heavy atom. The number of rotatable bonds is 5. The molecule has 0 aromatic heterocycles. The summed E-state index contributed by atoms with van der Waals surface area (Å²) in [5.74, 6) is -0.451. The van der Waals surface area contributed by atoms with E-state index in [4.69, 9.17) is 21.4 Å². The summed E-state index contributed by atoms with van der Waals surface area (Å²) in [6.07, 6.45) is 0.106. The average molecular weight is 284 g/mol. The molecule has 1 aromatic rings. The Labute approximate surface area is 115 Å². The number of halogens is 1. The molecule has 0 atom stereocenters. The van der Waals surface area contributed by atoms with Crippen LogP contribution in [-0.4, -0.2) is 41.6 Å². The maximum atomic E-state index is 11.8. The van der Waals surface area contributed by atoms with E-state index >= 15 is 0 Å². The smallest absolute Gasteiger partial charge is 0.303 e. The largest absolute Gasteiger partial charge is 0.482 e. The van der Waals surface area contributed by atoms with Gasteiger partial charge in [0.05, 0.1) is 11.4 Å². The standard InChI is InChI=1S/C13H14ClNO4/c14-10-3-1-2-4-11(10)19-8-12(16)15-6-9(7-15)5-13(17)18/h1-4,9H,5-8H2,(H,17,18). The van der Waals surface area contributed by atoms with E-state index in [1.807, 2.05) is 0 Å². The molecule has 5 nitrogen and oxygen atoms in total. The summed E-state index contributed by atoms with van der Waals surface area (Å²) in [7, 11) is 0. The van der Waals surface area contributed by atoms with Crippen molar-refractivity contribution in [3.8, 4) is 5.75 Å². The summed E-state index contributed by atoms with van der Waals surface area (Å²) in [6, 6.07) is 6.94. The fourth-order valence-electron chi connectivity index (χ4n) is 1.94. The van der Waals surface area contributed by atoms with Gasteiger partial charge in [-0.3, -0.25) is 9.59 Å². The van der Waals surface area contributed by atoms with Crippen LogP contribution in [0.1, 0.15) is 6.42 Å². The fraction of sp³-hybridized carbons (Fsp3) is 0.385. The summed E-state index contributed by atoms with van der Waals surface area (Å²) >= 11 is 5.90. The van der Waals surface area contributed by atoms with Gasteiger partial charge in [-0.1, -0.05) is 23.7 Å². The molecule has 1 heterocycles. The molecule has 1 saturated heterocycles. The zero-order chi connectivity index (χ0) is 13.8. The van der Waals surface area contributed by atoms with Crippen LogP contribution < -0.4 is 4.74 Å². The monoisotopic (exact) mass is 283 g/mol. The molecule has 1 aromatic carbocycles. The van der Waals surface area contributed by atoms with Gasteiger partial charge in [0, 0.05) is 19.0 Å². The van der Waals surface area contributed by atoms with Crippen molar-refractivity contribution in [3.05, 3.63) is 29.3 Å². The van der Waals surface area contributed by atoms with Crippen molar-refractivity contribution < 1.29 is 19.4 Å². The van der Waals surface area contributed by atoms with Crippen LogP contribution in [-0.2, 0) is 9.59 Å². The topological polar surface area (TPSA) is 66.8 Å². The van der Waals surface area contributed by atoms with Crippen molar-refractivity contribution in [2.75, 3.05) is 19.7 Å². The number of benzene rings is 1. The minimum Gasteiger partial charge on any atom is -0.482 e. The zero-order valence-corrected chi connectivity index (χ0v) is 11.0. The number of carbonyl (C=O) groups excluding carboxylic acids is 1. The van der Waals surface area contributed by atoms with Gasteiger partial charge in [-0.15, -0.1) is 0 Å². The Morgan fingerprint density at radius 1 is 1.37 bits per heavy atom. The van der Waals surface area contributed by atoms with Gasteiger partial charge in [-0.25, -0.2) is 0 Å². The highest BCUT2D eigenvalue weighted by molar-refractivity contribution is 6.32. The summed E-state index contributed by atoms with van der Waals surface area (Å²) < 4.78 is 5.33. The second-order valence-corrected chi connectivity index (χ2v) is 4.89. The Balaban J connectivity index is 1.75. The first-order valence-corrected chi connectivity index (χ1v) is 6.31. The van der Waals surface area contributed by atoms with E-state index in [2.05, 4.69) is 0 Å². The van der Waals surface area contributed by atoms with Crippen LogP contribution in [0.4, 0.5) is 0 Å². The van der Waals surface area contributed by atoms with Gasteiger partial charge in [0.15, 0.2) is 6.61 Å². The summed E-state index contributed by atoms with van der Waals surface area (Å²) in [4.78, 5) is 23.8. The van der Waals surface area contributed by atoms with Crippen molar-refractivity contribution in [2.45, 2.75) is 6.42 Å². The van der Waals surface area contributed by atoms with Crippen molar-refractivity contribution in [1.82, 2.24) is 4.90 Å². The average Bonchev–Trinajstić information content (AvgIpc) is 2.31. The lowest BCUT2D eigenvalue weighted by Gasteiger charge is -2.38. The number of carboxylic acid groups (broad SMARTS) is 1. The van der Waals surface area contributed by atoms with Crippen LogP contribution in [0.2, 0.25) is 5.02 Å². The first-order chi connectivity index (χ1) is 9.06. The molecule has 6 heteroatoms. The summed E-state index contributed by atoms with van der Waals surface area (Å²) in [5, 5.41) is 9.07. The van der Waals surface area contributed by atoms with E-state index in [-0.39, 0.29) is 24.9 Å². The van der Waals surface area contributed by atoms with Crippen LogP contribution in [0.15, 0.2) is 24.3 Å². The lowest BCUT2D eigenvalue weighted by molar-refractivity contribution is -0.146. The molecule has 0 aliphatic carbocycles. The van der Waals surface area contributed by atoms with Gasteiger partial charge >= 0.3 is 5.97 Å². The lowest BCUT2D eigenvalue weighted by Crippen LogP contribution is -2.52. The highest BCUT2D eigenvalue weighted by Gasteiger charge is 2.32. The van der Waals surface area contributed by atoms with Crippen LogP contribution >= 0.6 is 11.6 Å². The normalized spacial score (nSPS) is 14.9. The summed E-state index contributed by atoms with van der Waals surface area (Å²) in [6.45, 7) is 0.886. The minimum atomic E-state index is -0.829. The van der Waals surface area contributed by atoms with E-state index < -0.39 is 5.97 Å². The molecule has 102 valence electrons. The molecular weight excluding hydrogens is 270 g/mol. The van der Waals surface area contributed by atoms with Crippen LogP contribution in [0.25, 0.3) is 0 Å². The minimum absolute atomic E-state index is 0.0572. The van der Waals surface area contributed by atoms with Crippen molar-refractivity contribution in [3.63, 3.8) is 0 Å². The first kappa shape index (κ1) is 13.7. The van der Waals surface area contributed by atoms with Gasteiger partial charge in [-0.05, 0) is 12.1 Å². The Bertz CT molecular complexity index is 485. The number of ether oxygens (including phenoxy) is 1. The maximum absolute atomic E-state index is 11.8. The molecule has 0 unspecified atom stereocenters. The third-order valence-electron chi connectivity index (χ3n) is 2.96. The number of carboxylic acids is 1. The van der Waals surface area contributed by atoms with E-state index in [0.29, 0.717) is 23.9 Å². The van der Waals surface area contributed by atoms with E-state index in [1.54, 1.807) is 29.2 Å².